The summed E-state index contributed by atoms with van der Waals surface area (Å²) in [4.78, 5) is 51.1. The highest BCUT2D eigenvalue weighted by Crippen LogP contribution is 2.44. The first-order chi connectivity index (χ1) is 21.0. The van der Waals surface area contributed by atoms with Crippen LogP contribution in [0.4, 0.5) is 15.3 Å². The van der Waals surface area contributed by atoms with Crippen molar-refractivity contribution in [3.8, 4) is 11.1 Å². The highest BCUT2D eigenvalue weighted by atomic mass is 16.6. The molecule has 0 heterocycles. The molecule has 3 amide bonds. The smallest absolute Gasteiger partial charge is 0.414 e. The molecule has 1 atom stereocenters. The van der Waals surface area contributed by atoms with Crippen molar-refractivity contribution in [2.24, 2.45) is 0 Å². The zero-order valence-corrected chi connectivity index (χ0v) is 25.5. The van der Waals surface area contributed by atoms with Crippen LogP contribution in [0.3, 0.4) is 0 Å². The minimum absolute atomic E-state index is 0.0861. The average molecular weight is 602 g/mol. The molecule has 10 heteroatoms. The normalized spacial score (nSPS) is 12.8. The van der Waals surface area contributed by atoms with Crippen molar-refractivity contribution in [3.05, 3.63) is 89.5 Å². The van der Waals surface area contributed by atoms with Gasteiger partial charge in [-0.15, -0.1) is 0 Å². The van der Waals surface area contributed by atoms with Gasteiger partial charge in [0.15, 0.2) is 0 Å². The van der Waals surface area contributed by atoms with E-state index in [1.807, 2.05) is 48.5 Å². The number of carboxylic acid groups (broad SMARTS) is 1. The molecule has 1 aliphatic carbocycles. The maximum absolute atomic E-state index is 12.9. The van der Waals surface area contributed by atoms with Crippen LogP contribution in [0.1, 0.15) is 67.4 Å². The van der Waals surface area contributed by atoms with Crippen LogP contribution in [0.5, 0.6) is 0 Å². The number of para-hydroxylation sites is 1. The van der Waals surface area contributed by atoms with E-state index in [0.29, 0.717) is 24.1 Å². The quantitative estimate of drug-likeness (QED) is 0.231. The molecule has 44 heavy (non-hydrogen) atoms. The van der Waals surface area contributed by atoms with E-state index >= 15 is 0 Å². The number of ether oxygens (including phenoxy) is 2. The lowest BCUT2D eigenvalue weighted by Crippen LogP contribution is -2.41. The Kier molecular flexibility index (Phi) is 10.3. The summed E-state index contributed by atoms with van der Waals surface area (Å²) >= 11 is 0. The monoisotopic (exact) mass is 601 g/mol. The molecule has 0 saturated carbocycles. The van der Waals surface area contributed by atoms with E-state index in [1.165, 1.54) is 11.9 Å². The minimum atomic E-state index is -1.17. The number of nitrogens with one attached hydrogen (secondary N) is 2. The van der Waals surface area contributed by atoms with Gasteiger partial charge in [0.2, 0.25) is 0 Å². The molecule has 0 spiro atoms. The van der Waals surface area contributed by atoms with Crippen LogP contribution in [0, 0.1) is 0 Å². The summed E-state index contributed by atoms with van der Waals surface area (Å²) in [6, 6.07) is 21.5. The Bertz CT molecular complexity index is 1470. The zero-order valence-electron chi connectivity index (χ0n) is 25.5. The standard InChI is InChI=1S/C34H39N3O7/c1-34(2,3)44-33(42)37(4)29-19-10-9-17-26(29)30(38)35-20-12-11-18-28(31(39)40)36-32(41)43-21-27-24-15-7-5-13-22(24)23-14-6-8-16-25(23)27/h5-10,13-17,19,27-28H,11-12,18,20-21H2,1-4H3,(H,35,38)(H,36,41)(H,39,40). The number of amides is 3. The molecule has 1 aliphatic rings. The molecule has 0 radical (unpaired) electrons. The van der Waals surface area contributed by atoms with Crippen LogP contribution in [-0.2, 0) is 14.3 Å². The number of anilines is 1. The van der Waals surface area contributed by atoms with Crippen LogP contribution >= 0.6 is 0 Å². The van der Waals surface area contributed by atoms with Gasteiger partial charge in [-0.2, -0.15) is 0 Å². The number of aliphatic carboxylic acids is 1. The predicted octanol–water partition coefficient (Wildman–Crippen LogP) is 5.95. The molecule has 3 aromatic carbocycles. The Balaban J connectivity index is 1.24. The van der Waals surface area contributed by atoms with Crippen LogP contribution in [0.15, 0.2) is 72.8 Å². The molecule has 3 N–H and O–H groups in total. The fourth-order valence-corrected chi connectivity index (χ4v) is 5.20. The number of hydrogen-bond acceptors (Lipinski definition) is 6. The highest BCUT2D eigenvalue weighted by Gasteiger charge is 2.30. The second-order valence-corrected chi connectivity index (χ2v) is 11.7. The van der Waals surface area contributed by atoms with Gasteiger partial charge in [0.05, 0.1) is 11.3 Å². The molecule has 0 aliphatic heterocycles. The molecule has 0 fully saturated rings. The Morgan fingerprint density at radius 3 is 2.09 bits per heavy atom. The number of fused-ring (bicyclic) bond motifs is 3. The lowest BCUT2D eigenvalue weighted by atomic mass is 9.98. The van der Waals surface area contributed by atoms with Gasteiger partial charge in [0.1, 0.15) is 18.2 Å². The first-order valence-electron chi connectivity index (χ1n) is 14.6. The summed E-state index contributed by atoms with van der Waals surface area (Å²) in [5.41, 5.74) is 4.36. The number of benzene rings is 3. The van der Waals surface area contributed by atoms with Gasteiger partial charge in [-0.25, -0.2) is 14.4 Å². The molecule has 0 bridgehead atoms. The molecular formula is C34H39N3O7. The fraction of sp³-hybridized carbons (Fsp3) is 0.353. The number of rotatable bonds is 11. The second kappa shape index (κ2) is 14.1. The Morgan fingerprint density at radius 1 is 0.886 bits per heavy atom. The number of hydrogen-bond donors (Lipinski definition) is 3. The third-order valence-corrected chi connectivity index (χ3v) is 7.32. The topological polar surface area (TPSA) is 134 Å². The molecule has 232 valence electrons. The van der Waals surface area contributed by atoms with Crippen LogP contribution in [0.25, 0.3) is 11.1 Å². The molecule has 3 aromatic rings. The van der Waals surface area contributed by atoms with E-state index in [1.54, 1.807) is 45.0 Å². The largest absolute Gasteiger partial charge is 0.480 e. The number of carbonyl (C=O) groups is 4. The van der Waals surface area contributed by atoms with Crippen molar-refractivity contribution in [1.82, 2.24) is 10.6 Å². The van der Waals surface area contributed by atoms with Crippen molar-refractivity contribution in [2.45, 2.75) is 57.6 Å². The van der Waals surface area contributed by atoms with Crippen molar-refractivity contribution in [3.63, 3.8) is 0 Å². The van der Waals surface area contributed by atoms with Gasteiger partial charge >= 0.3 is 18.2 Å². The van der Waals surface area contributed by atoms with Crippen LogP contribution in [-0.4, -0.2) is 61.0 Å². The van der Waals surface area contributed by atoms with Crippen molar-refractivity contribution < 1.29 is 33.8 Å². The molecule has 1 unspecified atom stereocenters. The maximum Gasteiger partial charge on any atom is 0.414 e. The lowest BCUT2D eigenvalue weighted by molar-refractivity contribution is -0.139. The average Bonchev–Trinajstić information content (AvgIpc) is 3.31. The number of unbranched alkanes of at least 4 members (excludes halogenated alkanes) is 1. The first kappa shape index (κ1) is 32.1. The minimum Gasteiger partial charge on any atom is -0.480 e. The molecule has 0 aromatic heterocycles. The van der Waals surface area contributed by atoms with E-state index in [-0.39, 0.29) is 31.4 Å². The van der Waals surface area contributed by atoms with Crippen molar-refractivity contribution >= 4 is 29.8 Å². The Morgan fingerprint density at radius 2 is 1.48 bits per heavy atom. The van der Waals surface area contributed by atoms with Crippen molar-refractivity contribution in [2.75, 3.05) is 25.1 Å². The van der Waals surface area contributed by atoms with Gasteiger partial charge in [-0.3, -0.25) is 9.69 Å². The number of carbonyl (C=O) groups excluding carboxylic acids is 3. The molecular weight excluding hydrogens is 562 g/mol. The third-order valence-electron chi connectivity index (χ3n) is 7.32. The summed E-state index contributed by atoms with van der Waals surface area (Å²) < 4.78 is 10.9. The lowest BCUT2D eigenvalue weighted by Gasteiger charge is -2.25. The van der Waals surface area contributed by atoms with Crippen LogP contribution in [0.2, 0.25) is 0 Å². The second-order valence-electron chi connectivity index (χ2n) is 11.7. The molecule has 4 rings (SSSR count). The SMILES string of the molecule is CN(C(=O)OC(C)(C)C)c1ccccc1C(=O)NCCCCC(NC(=O)OCC1c2ccccc2-c2ccccc21)C(=O)O. The summed E-state index contributed by atoms with van der Waals surface area (Å²) in [5.74, 6) is -1.67. The van der Waals surface area contributed by atoms with Gasteiger partial charge < -0.3 is 25.2 Å². The van der Waals surface area contributed by atoms with E-state index in [0.717, 1.165) is 22.3 Å². The summed E-state index contributed by atoms with van der Waals surface area (Å²) in [5, 5.41) is 14.9. The summed E-state index contributed by atoms with van der Waals surface area (Å²) in [7, 11) is 1.54. The van der Waals surface area contributed by atoms with E-state index in [9.17, 15) is 24.3 Å². The fourth-order valence-electron chi connectivity index (χ4n) is 5.20. The Hall–Kier alpha value is -4.86. The van der Waals surface area contributed by atoms with E-state index < -0.39 is 29.8 Å². The number of nitrogens with zero attached hydrogens (tertiary/aromatic N) is 1. The number of alkyl carbamates (subject to hydrolysis) is 1. The van der Waals surface area contributed by atoms with Gasteiger partial charge in [-0.05, 0) is 74.4 Å². The third kappa shape index (κ3) is 7.94. The van der Waals surface area contributed by atoms with E-state index in [4.69, 9.17) is 9.47 Å². The maximum atomic E-state index is 12.9. The summed E-state index contributed by atoms with van der Waals surface area (Å²) in [6.45, 7) is 5.65. The molecule has 0 saturated heterocycles. The van der Waals surface area contributed by atoms with Crippen molar-refractivity contribution in [1.29, 1.82) is 0 Å². The van der Waals surface area contributed by atoms with E-state index in [2.05, 4.69) is 10.6 Å². The molecule has 10 nitrogen and oxygen atoms in total. The number of carboxylic acids is 1. The first-order valence-corrected chi connectivity index (χ1v) is 14.6. The van der Waals surface area contributed by atoms with Gasteiger partial charge in [0.25, 0.3) is 5.91 Å². The van der Waals surface area contributed by atoms with Gasteiger partial charge in [-0.1, -0.05) is 60.7 Å². The summed E-state index contributed by atoms with van der Waals surface area (Å²) in [6.07, 6.45) is -0.306. The highest BCUT2D eigenvalue weighted by molar-refractivity contribution is 6.03. The zero-order chi connectivity index (χ0) is 31.9. The van der Waals surface area contributed by atoms with Gasteiger partial charge in [0, 0.05) is 19.5 Å². The van der Waals surface area contributed by atoms with Crippen LogP contribution < -0.4 is 15.5 Å². The Labute approximate surface area is 257 Å². The predicted molar refractivity (Wildman–Crippen MR) is 167 cm³/mol.